The van der Waals surface area contributed by atoms with Crippen LogP contribution in [0, 0.1) is 5.41 Å². The summed E-state index contributed by atoms with van der Waals surface area (Å²) in [4.78, 5) is 44.2. The Morgan fingerprint density at radius 3 is 2.26 bits per heavy atom. The molecule has 3 aromatic carbocycles. The maximum atomic E-state index is 14.2. The molecule has 0 aliphatic carbocycles. The Labute approximate surface area is 198 Å². The van der Waals surface area contributed by atoms with Crippen LogP contribution in [-0.2, 0) is 16.0 Å². The van der Waals surface area contributed by atoms with Crippen LogP contribution in [-0.4, -0.2) is 30.4 Å². The Morgan fingerprint density at radius 2 is 1.50 bits per heavy atom. The molecule has 1 N–H and O–H groups in total. The van der Waals surface area contributed by atoms with Crippen LogP contribution in [0.2, 0.25) is 0 Å². The number of anilines is 2. The van der Waals surface area contributed by atoms with Crippen molar-refractivity contribution in [2.75, 3.05) is 16.3 Å². The van der Waals surface area contributed by atoms with Gasteiger partial charge in [0.25, 0.3) is 5.91 Å². The number of carbonyl (C=O) groups is 3. The molecule has 170 valence electrons. The highest BCUT2D eigenvalue weighted by atomic mass is 16.2. The molecule has 3 aliphatic rings. The molecule has 2 fully saturated rings. The smallest absolute Gasteiger partial charge is 0.335 e. The van der Waals surface area contributed by atoms with Crippen molar-refractivity contribution in [3.63, 3.8) is 0 Å². The van der Waals surface area contributed by atoms with Gasteiger partial charge >= 0.3 is 6.03 Å². The van der Waals surface area contributed by atoms with Gasteiger partial charge in [0.2, 0.25) is 5.91 Å². The van der Waals surface area contributed by atoms with E-state index in [-0.39, 0.29) is 18.4 Å². The lowest BCUT2D eigenvalue weighted by Gasteiger charge is -2.55. The predicted octanol–water partition coefficient (Wildman–Crippen LogP) is 4.26. The summed E-state index contributed by atoms with van der Waals surface area (Å²) in [6.07, 6.45) is 1.86. The topological polar surface area (TPSA) is 69.7 Å². The molecular weight excluding hydrogens is 426 g/mol. The molecule has 3 aromatic rings. The molecule has 6 nitrogen and oxygen atoms in total. The number of hydrogen-bond donors (Lipinski definition) is 1. The molecule has 0 unspecified atom stereocenters. The summed E-state index contributed by atoms with van der Waals surface area (Å²) in [5.74, 6) is -0.702. The van der Waals surface area contributed by atoms with E-state index >= 15 is 0 Å². The molecule has 34 heavy (non-hydrogen) atoms. The fourth-order valence-electron chi connectivity index (χ4n) is 6.02. The first-order valence-electron chi connectivity index (χ1n) is 11.7. The van der Waals surface area contributed by atoms with Gasteiger partial charge in [-0.25, -0.2) is 9.69 Å². The summed E-state index contributed by atoms with van der Waals surface area (Å²) >= 11 is 0. The zero-order chi connectivity index (χ0) is 23.3. The molecule has 1 spiro atoms. The number of piperidine rings is 1. The monoisotopic (exact) mass is 451 g/mol. The number of nitrogens with one attached hydrogen (secondary N) is 1. The van der Waals surface area contributed by atoms with Crippen molar-refractivity contribution in [3.8, 4) is 0 Å². The van der Waals surface area contributed by atoms with Crippen LogP contribution >= 0.6 is 0 Å². The number of nitrogens with zero attached hydrogens (tertiary/aromatic N) is 2. The van der Waals surface area contributed by atoms with E-state index < -0.39 is 23.3 Å². The predicted molar refractivity (Wildman–Crippen MR) is 130 cm³/mol. The number of para-hydroxylation sites is 2. The lowest BCUT2D eigenvalue weighted by atomic mass is 9.64. The number of urea groups is 1. The van der Waals surface area contributed by atoms with Gasteiger partial charge in [-0.05, 0) is 54.5 Å². The SMILES string of the molecule is O=C1NC(=O)[C@]2(Cc3ccccc3N3CC[C@@H](c4ccccc4)C[C@H]32)C(=O)N1c1ccccc1. The van der Waals surface area contributed by atoms with E-state index in [0.29, 0.717) is 12.1 Å². The zero-order valence-corrected chi connectivity index (χ0v) is 18.7. The first-order chi connectivity index (χ1) is 16.6. The average Bonchev–Trinajstić information content (AvgIpc) is 2.88. The highest BCUT2D eigenvalue weighted by Crippen LogP contribution is 2.50. The Hall–Kier alpha value is -3.93. The molecule has 3 atom stereocenters. The second kappa shape index (κ2) is 7.83. The van der Waals surface area contributed by atoms with E-state index in [1.165, 1.54) is 5.56 Å². The van der Waals surface area contributed by atoms with Crippen molar-refractivity contribution in [3.05, 3.63) is 96.1 Å². The van der Waals surface area contributed by atoms with Crippen LogP contribution in [0.3, 0.4) is 0 Å². The molecule has 2 saturated heterocycles. The van der Waals surface area contributed by atoms with E-state index in [0.717, 1.165) is 29.1 Å². The lowest BCUT2D eigenvalue weighted by molar-refractivity contribution is -0.145. The third-order valence-electron chi connectivity index (χ3n) is 7.64. The number of rotatable bonds is 2. The maximum Gasteiger partial charge on any atom is 0.335 e. The van der Waals surface area contributed by atoms with Gasteiger partial charge in [-0.2, -0.15) is 0 Å². The minimum atomic E-state index is -1.38. The van der Waals surface area contributed by atoms with E-state index in [2.05, 4.69) is 28.4 Å². The lowest BCUT2D eigenvalue weighted by Crippen LogP contribution is -2.73. The van der Waals surface area contributed by atoms with E-state index in [9.17, 15) is 14.4 Å². The van der Waals surface area contributed by atoms with Gasteiger partial charge in [-0.1, -0.05) is 66.7 Å². The summed E-state index contributed by atoms with van der Waals surface area (Å²) in [5.41, 5.74) is 2.34. The van der Waals surface area contributed by atoms with Crippen LogP contribution in [0.1, 0.15) is 29.9 Å². The van der Waals surface area contributed by atoms with Gasteiger partial charge in [0, 0.05) is 12.2 Å². The zero-order valence-electron chi connectivity index (χ0n) is 18.7. The molecule has 6 rings (SSSR count). The summed E-state index contributed by atoms with van der Waals surface area (Å²) in [5, 5.41) is 2.54. The van der Waals surface area contributed by atoms with Crippen LogP contribution in [0.5, 0.6) is 0 Å². The quantitative estimate of drug-likeness (QED) is 0.591. The van der Waals surface area contributed by atoms with Crippen LogP contribution in [0.4, 0.5) is 16.2 Å². The second-order valence-corrected chi connectivity index (χ2v) is 9.35. The van der Waals surface area contributed by atoms with Crippen molar-refractivity contribution < 1.29 is 14.4 Å². The summed E-state index contributed by atoms with van der Waals surface area (Å²) in [6.45, 7) is 0.739. The third kappa shape index (κ3) is 2.98. The fraction of sp³-hybridized carbons (Fsp3) is 0.250. The van der Waals surface area contributed by atoms with Crippen LogP contribution in [0.15, 0.2) is 84.9 Å². The minimum absolute atomic E-state index is 0.230. The Morgan fingerprint density at radius 1 is 0.824 bits per heavy atom. The van der Waals surface area contributed by atoms with Crippen molar-refractivity contribution >= 4 is 29.2 Å². The number of benzene rings is 3. The minimum Gasteiger partial charge on any atom is -0.367 e. The molecule has 3 heterocycles. The Balaban J connectivity index is 1.49. The van der Waals surface area contributed by atoms with E-state index in [1.807, 2.05) is 42.5 Å². The van der Waals surface area contributed by atoms with Gasteiger partial charge in [0.05, 0.1) is 11.7 Å². The second-order valence-electron chi connectivity index (χ2n) is 9.35. The van der Waals surface area contributed by atoms with Crippen molar-refractivity contribution in [1.29, 1.82) is 0 Å². The summed E-state index contributed by atoms with van der Waals surface area (Å²) < 4.78 is 0. The van der Waals surface area contributed by atoms with Gasteiger partial charge in [-0.3, -0.25) is 14.9 Å². The number of fused-ring (bicyclic) bond motifs is 4. The third-order valence-corrected chi connectivity index (χ3v) is 7.64. The van der Waals surface area contributed by atoms with Gasteiger partial charge in [0.15, 0.2) is 5.41 Å². The summed E-state index contributed by atoms with van der Waals surface area (Å²) in [7, 11) is 0. The Kier molecular flexibility index (Phi) is 4.76. The number of barbiturate groups is 1. The first kappa shape index (κ1) is 20.7. The van der Waals surface area contributed by atoms with Gasteiger partial charge < -0.3 is 4.90 Å². The Bertz CT molecular complexity index is 1280. The van der Waals surface area contributed by atoms with E-state index in [4.69, 9.17) is 0 Å². The number of carbonyl (C=O) groups excluding carboxylic acids is 3. The van der Waals surface area contributed by atoms with Crippen molar-refractivity contribution in [1.82, 2.24) is 5.32 Å². The normalized spacial score (nSPS) is 26.2. The van der Waals surface area contributed by atoms with Gasteiger partial charge in [-0.15, -0.1) is 0 Å². The number of hydrogen-bond acceptors (Lipinski definition) is 4. The van der Waals surface area contributed by atoms with Crippen LogP contribution in [0.25, 0.3) is 0 Å². The molecule has 0 radical (unpaired) electrons. The molecule has 6 heteroatoms. The molecular formula is C28H25N3O3. The van der Waals surface area contributed by atoms with Crippen LogP contribution < -0.4 is 15.1 Å². The molecule has 4 amide bonds. The summed E-state index contributed by atoms with van der Waals surface area (Å²) in [6, 6.07) is 26.1. The van der Waals surface area contributed by atoms with Crippen molar-refractivity contribution in [2.45, 2.75) is 31.2 Å². The molecule has 0 bridgehead atoms. The van der Waals surface area contributed by atoms with Gasteiger partial charge in [0.1, 0.15) is 0 Å². The van der Waals surface area contributed by atoms with E-state index in [1.54, 1.807) is 24.3 Å². The fourth-order valence-corrected chi connectivity index (χ4v) is 6.02. The first-order valence-corrected chi connectivity index (χ1v) is 11.7. The maximum absolute atomic E-state index is 14.2. The highest BCUT2D eigenvalue weighted by Gasteiger charge is 2.63. The average molecular weight is 452 g/mol. The molecule has 0 aromatic heterocycles. The molecule has 3 aliphatic heterocycles. The standard InChI is InChI=1S/C28H25N3O3/c32-25-28(26(33)31(27(34)29-25)22-12-5-2-6-13-22)18-21-11-7-8-14-23(21)30-16-15-20(17-24(28)30)19-9-3-1-4-10-19/h1-14,20,24H,15-18H2,(H,29,32,34)/t20-,24+,28-/m1/s1. The number of imide groups is 2. The number of amides is 4. The van der Waals surface area contributed by atoms with Crippen molar-refractivity contribution in [2.24, 2.45) is 5.41 Å². The largest absolute Gasteiger partial charge is 0.367 e. The molecule has 0 saturated carbocycles. The highest BCUT2D eigenvalue weighted by molar-refractivity contribution is 6.30.